The lowest BCUT2D eigenvalue weighted by Gasteiger charge is -2.23. The smallest absolute Gasteiger partial charge is 0.343 e. The van der Waals surface area contributed by atoms with Gasteiger partial charge >= 0.3 is 5.97 Å². The van der Waals surface area contributed by atoms with E-state index in [1.54, 1.807) is 19.2 Å². The Kier molecular flexibility index (Phi) is 8.20. The number of aromatic nitrogens is 1. The third-order valence-electron chi connectivity index (χ3n) is 5.76. The summed E-state index contributed by atoms with van der Waals surface area (Å²) in [6, 6.07) is 3.91. The fraction of sp³-hybridized carbons (Fsp3) is 0.600. The van der Waals surface area contributed by atoms with E-state index in [1.165, 1.54) is 0 Å². The molecule has 1 atom stereocenters. The van der Waals surface area contributed by atoms with E-state index in [0.717, 1.165) is 54.9 Å². The zero-order chi connectivity index (χ0) is 22.5. The van der Waals surface area contributed by atoms with Crippen LogP contribution in [-0.4, -0.2) is 23.2 Å². The Morgan fingerprint density at radius 2 is 1.94 bits per heavy atom. The summed E-state index contributed by atoms with van der Waals surface area (Å²) >= 11 is 3.66. The molecule has 1 heterocycles. The second-order valence-electron chi connectivity index (χ2n) is 8.86. The predicted molar refractivity (Wildman–Crippen MR) is 128 cm³/mol. The third kappa shape index (κ3) is 5.71. The SMILES string of the molecule is CCCCC(CCC(C)C)Oc1c(Br)ccc2c(=O)c(C(=O)OCC)cn(C3CC3)c12. The van der Waals surface area contributed by atoms with Gasteiger partial charge in [0.15, 0.2) is 5.75 Å². The van der Waals surface area contributed by atoms with Crippen LogP contribution in [0, 0.1) is 5.92 Å². The van der Waals surface area contributed by atoms with Crippen molar-refractivity contribution in [2.45, 2.75) is 84.8 Å². The molecular formula is C25H34BrNO4. The number of halogens is 1. The first kappa shape index (κ1) is 23.8. The number of nitrogens with zero attached hydrogens (tertiary/aromatic N) is 1. The van der Waals surface area contributed by atoms with Crippen molar-refractivity contribution in [3.63, 3.8) is 0 Å². The first-order valence-corrected chi connectivity index (χ1v) is 12.4. The van der Waals surface area contributed by atoms with Crippen molar-refractivity contribution in [2.24, 2.45) is 5.92 Å². The molecule has 0 radical (unpaired) electrons. The second kappa shape index (κ2) is 10.7. The molecule has 1 aromatic heterocycles. The average molecular weight is 492 g/mol. The van der Waals surface area contributed by atoms with Crippen LogP contribution >= 0.6 is 15.9 Å². The molecule has 5 nitrogen and oxygen atoms in total. The zero-order valence-electron chi connectivity index (χ0n) is 19.1. The molecule has 170 valence electrons. The van der Waals surface area contributed by atoms with E-state index >= 15 is 0 Å². The Hall–Kier alpha value is -1.82. The summed E-state index contributed by atoms with van der Waals surface area (Å²) < 4.78 is 14.6. The van der Waals surface area contributed by atoms with E-state index in [2.05, 4.69) is 41.3 Å². The minimum absolute atomic E-state index is 0.0942. The van der Waals surface area contributed by atoms with Gasteiger partial charge in [-0.15, -0.1) is 0 Å². The molecule has 1 aliphatic carbocycles. The van der Waals surface area contributed by atoms with E-state index in [9.17, 15) is 9.59 Å². The molecule has 1 unspecified atom stereocenters. The normalized spacial score (nSPS) is 14.8. The highest BCUT2D eigenvalue weighted by molar-refractivity contribution is 9.10. The lowest BCUT2D eigenvalue weighted by Crippen LogP contribution is -2.22. The Morgan fingerprint density at radius 3 is 2.55 bits per heavy atom. The zero-order valence-corrected chi connectivity index (χ0v) is 20.7. The highest BCUT2D eigenvalue weighted by atomic mass is 79.9. The quantitative estimate of drug-likeness (QED) is 0.330. The average Bonchev–Trinajstić information content (AvgIpc) is 3.57. The number of ether oxygens (including phenoxy) is 2. The molecular weight excluding hydrogens is 458 g/mol. The molecule has 0 amide bonds. The number of benzene rings is 1. The van der Waals surface area contributed by atoms with Crippen molar-refractivity contribution in [3.05, 3.63) is 38.6 Å². The molecule has 0 bridgehead atoms. The van der Waals surface area contributed by atoms with E-state index in [1.807, 2.05) is 6.07 Å². The summed E-state index contributed by atoms with van der Waals surface area (Å²) in [5.74, 6) is 0.758. The number of carbonyl (C=O) groups excluding carboxylic acids is 1. The molecule has 0 spiro atoms. The van der Waals surface area contributed by atoms with E-state index in [4.69, 9.17) is 9.47 Å². The van der Waals surface area contributed by atoms with E-state index in [0.29, 0.717) is 17.1 Å². The summed E-state index contributed by atoms with van der Waals surface area (Å²) in [7, 11) is 0. The van der Waals surface area contributed by atoms with Gasteiger partial charge in [-0.25, -0.2) is 4.79 Å². The van der Waals surface area contributed by atoms with Gasteiger partial charge in [0.25, 0.3) is 0 Å². The number of rotatable bonds is 11. The van der Waals surface area contributed by atoms with Crippen LogP contribution < -0.4 is 10.2 Å². The van der Waals surface area contributed by atoms with E-state index < -0.39 is 5.97 Å². The van der Waals surface area contributed by atoms with Crippen LogP contribution in [0.5, 0.6) is 5.75 Å². The Morgan fingerprint density at radius 1 is 1.19 bits per heavy atom. The first-order chi connectivity index (χ1) is 14.9. The van der Waals surface area contributed by atoms with Gasteiger partial charge in [-0.05, 0) is 73.0 Å². The second-order valence-corrected chi connectivity index (χ2v) is 9.71. The highest BCUT2D eigenvalue weighted by Crippen LogP contribution is 2.42. The summed E-state index contributed by atoms with van der Waals surface area (Å²) in [6.07, 6.45) is 9.11. The van der Waals surface area contributed by atoms with Gasteiger partial charge in [0, 0.05) is 12.2 Å². The van der Waals surface area contributed by atoms with Crippen LogP contribution in [0.3, 0.4) is 0 Å². The van der Waals surface area contributed by atoms with Crippen molar-refractivity contribution in [2.75, 3.05) is 6.61 Å². The number of pyridine rings is 1. The summed E-state index contributed by atoms with van der Waals surface area (Å²) in [6.45, 7) is 8.63. The first-order valence-electron chi connectivity index (χ1n) is 11.6. The van der Waals surface area contributed by atoms with Gasteiger partial charge in [-0.1, -0.05) is 33.6 Å². The van der Waals surface area contributed by atoms with E-state index in [-0.39, 0.29) is 29.7 Å². The highest BCUT2D eigenvalue weighted by Gasteiger charge is 2.30. The maximum absolute atomic E-state index is 13.2. The minimum atomic E-state index is -0.563. The lowest BCUT2D eigenvalue weighted by molar-refractivity contribution is 0.0524. The van der Waals surface area contributed by atoms with Crippen LogP contribution in [0.4, 0.5) is 0 Å². The van der Waals surface area contributed by atoms with Crippen LogP contribution in [0.15, 0.2) is 27.6 Å². The van der Waals surface area contributed by atoms with Crippen molar-refractivity contribution in [3.8, 4) is 5.75 Å². The Bertz CT molecular complexity index is 978. The molecule has 1 fully saturated rings. The van der Waals surface area contributed by atoms with Gasteiger partial charge in [0.2, 0.25) is 5.43 Å². The van der Waals surface area contributed by atoms with Crippen LogP contribution in [-0.2, 0) is 4.74 Å². The number of carbonyl (C=O) groups is 1. The predicted octanol–water partition coefficient (Wildman–Crippen LogP) is 6.65. The van der Waals surface area contributed by atoms with Crippen LogP contribution in [0.1, 0.15) is 89.0 Å². The van der Waals surface area contributed by atoms with Crippen LogP contribution in [0.25, 0.3) is 10.9 Å². The van der Waals surface area contributed by atoms with Crippen molar-refractivity contribution >= 4 is 32.8 Å². The molecule has 1 aromatic carbocycles. The number of hydrogen-bond donors (Lipinski definition) is 0. The molecule has 0 saturated heterocycles. The van der Waals surface area contributed by atoms with Gasteiger partial charge in [-0.2, -0.15) is 0 Å². The van der Waals surface area contributed by atoms with Crippen molar-refractivity contribution < 1.29 is 14.3 Å². The topological polar surface area (TPSA) is 57.5 Å². The van der Waals surface area contributed by atoms with Crippen LogP contribution in [0.2, 0.25) is 0 Å². The fourth-order valence-electron chi connectivity index (χ4n) is 3.88. The van der Waals surface area contributed by atoms with Crippen molar-refractivity contribution in [1.29, 1.82) is 0 Å². The fourth-order valence-corrected chi connectivity index (χ4v) is 4.29. The minimum Gasteiger partial charge on any atom is -0.487 e. The largest absolute Gasteiger partial charge is 0.487 e. The summed E-state index contributed by atoms with van der Waals surface area (Å²) in [5, 5.41) is 0.508. The number of hydrogen-bond acceptors (Lipinski definition) is 4. The monoisotopic (exact) mass is 491 g/mol. The maximum Gasteiger partial charge on any atom is 0.343 e. The van der Waals surface area contributed by atoms with Gasteiger partial charge in [0.05, 0.1) is 28.1 Å². The van der Waals surface area contributed by atoms with Gasteiger partial charge in [0.1, 0.15) is 5.56 Å². The van der Waals surface area contributed by atoms with Crippen molar-refractivity contribution in [1.82, 2.24) is 4.57 Å². The number of esters is 1. The molecule has 1 saturated carbocycles. The molecule has 2 aromatic rings. The molecule has 6 heteroatoms. The van der Waals surface area contributed by atoms with Gasteiger partial charge < -0.3 is 14.0 Å². The number of unbranched alkanes of at least 4 members (excludes halogenated alkanes) is 1. The summed E-state index contributed by atoms with van der Waals surface area (Å²) in [5.41, 5.74) is 0.577. The summed E-state index contributed by atoms with van der Waals surface area (Å²) in [4.78, 5) is 25.6. The molecule has 0 aliphatic heterocycles. The molecule has 3 rings (SSSR count). The number of fused-ring (bicyclic) bond motifs is 1. The standard InChI is InChI=1S/C25H34BrNO4/c1-5-7-8-18(12-9-16(3)4)31-24-21(26)14-13-19-22(24)27(17-10-11-17)15-20(23(19)28)25(29)30-6-2/h13-18H,5-12H2,1-4H3. The van der Waals surface area contributed by atoms with Gasteiger partial charge in [-0.3, -0.25) is 4.79 Å². The third-order valence-corrected chi connectivity index (χ3v) is 6.39. The maximum atomic E-state index is 13.2. The Labute approximate surface area is 193 Å². The molecule has 31 heavy (non-hydrogen) atoms. The lowest BCUT2D eigenvalue weighted by atomic mass is 10.0. The Balaban J connectivity index is 2.10. The molecule has 1 aliphatic rings. The molecule has 0 N–H and O–H groups in total.